The van der Waals surface area contributed by atoms with E-state index in [0.717, 1.165) is 10.6 Å². The molecule has 31 heavy (non-hydrogen) atoms. The first kappa shape index (κ1) is 21.2. The Labute approximate surface area is 187 Å². The standard InChI is InChI=1S/C27H21ClO2P/c28-31(23-17-9-3-10-18-23,24-19-11-4-12-20-24)27(25(29)21-13-5-1-6-14-21)26(30)22-15-7-2-8-16-22/h1-20,27H/q+1. The molecule has 0 radical (unpaired) electrons. The maximum Gasteiger partial charge on any atom is 0.219 e. The van der Waals surface area contributed by atoms with E-state index in [-0.39, 0.29) is 11.6 Å². The van der Waals surface area contributed by atoms with Crippen LogP contribution in [0.1, 0.15) is 20.7 Å². The van der Waals surface area contributed by atoms with Gasteiger partial charge in [0.2, 0.25) is 17.2 Å². The molecule has 2 nitrogen and oxygen atoms in total. The van der Waals surface area contributed by atoms with E-state index in [1.165, 1.54) is 0 Å². The molecule has 4 aromatic carbocycles. The number of hydrogen-bond donors (Lipinski definition) is 0. The number of rotatable bonds is 7. The van der Waals surface area contributed by atoms with Gasteiger partial charge in [-0.15, -0.1) is 0 Å². The Hall–Kier alpha value is -3.06. The van der Waals surface area contributed by atoms with E-state index in [4.69, 9.17) is 11.2 Å². The summed E-state index contributed by atoms with van der Waals surface area (Å²) in [7, 11) is 0. The van der Waals surface area contributed by atoms with Crippen LogP contribution < -0.4 is 10.6 Å². The highest BCUT2D eigenvalue weighted by Gasteiger charge is 2.57. The van der Waals surface area contributed by atoms with Crippen molar-refractivity contribution in [3.63, 3.8) is 0 Å². The second-order valence-corrected chi connectivity index (χ2v) is 11.6. The topological polar surface area (TPSA) is 34.1 Å². The second-order valence-electron chi connectivity index (χ2n) is 7.17. The molecule has 4 heteroatoms. The lowest BCUT2D eigenvalue weighted by Crippen LogP contribution is -2.39. The van der Waals surface area contributed by atoms with Crippen LogP contribution in [0, 0.1) is 0 Å². The van der Waals surface area contributed by atoms with Gasteiger partial charge in [-0.1, -0.05) is 97.1 Å². The number of benzene rings is 4. The highest BCUT2D eigenvalue weighted by molar-refractivity contribution is 8.11. The van der Waals surface area contributed by atoms with E-state index in [9.17, 15) is 9.59 Å². The molecule has 0 aromatic heterocycles. The maximum absolute atomic E-state index is 13.9. The Morgan fingerprint density at radius 1 is 0.516 bits per heavy atom. The summed E-state index contributed by atoms with van der Waals surface area (Å²) >= 11 is 7.52. The number of Topliss-reactive ketones (excluding diaryl/α,β-unsaturated/α-hetero) is 2. The van der Waals surface area contributed by atoms with Crippen molar-refractivity contribution in [2.45, 2.75) is 5.66 Å². The first-order valence-corrected chi connectivity index (χ1v) is 12.8. The fourth-order valence-corrected chi connectivity index (χ4v) is 7.96. The number of halogens is 1. The Morgan fingerprint density at radius 3 is 1.13 bits per heavy atom. The number of hydrogen-bond acceptors (Lipinski definition) is 2. The average Bonchev–Trinajstić information content (AvgIpc) is 2.86. The molecular formula is C27H21ClO2P+. The van der Waals surface area contributed by atoms with Gasteiger partial charge in [0.15, 0.2) is 6.62 Å². The number of ketones is 2. The Balaban J connectivity index is 1.97. The number of carbonyl (C=O) groups is 2. The van der Waals surface area contributed by atoms with Crippen LogP contribution in [0.2, 0.25) is 0 Å². The van der Waals surface area contributed by atoms with Crippen LogP contribution in [0.15, 0.2) is 121 Å². The molecule has 0 aliphatic carbocycles. The maximum atomic E-state index is 13.9. The van der Waals surface area contributed by atoms with Crippen molar-refractivity contribution in [3.05, 3.63) is 132 Å². The molecule has 4 rings (SSSR count). The highest BCUT2D eigenvalue weighted by Crippen LogP contribution is 2.66. The predicted molar refractivity (Wildman–Crippen MR) is 130 cm³/mol. The molecule has 0 N–H and O–H groups in total. The molecule has 0 fully saturated rings. The van der Waals surface area contributed by atoms with Gasteiger partial charge < -0.3 is 0 Å². The van der Waals surface area contributed by atoms with E-state index in [0.29, 0.717) is 11.1 Å². The largest absolute Gasteiger partial charge is 0.289 e. The van der Waals surface area contributed by atoms with Crippen LogP contribution in [0.25, 0.3) is 0 Å². The summed E-state index contributed by atoms with van der Waals surface area (Å²) in [5.41, 5.74) is -0.0777. The van der Waals surface area contributed by atoms with Gasteiger partial charge in [0.25, 0.3) is 0 Å². The normalized spacial score (nSPS) is 11.3. The van der Waals surface area contributed by atoms with Crippen LogP contribution in [-0.4, -0.2) is 17.2 Å². The predicted octanol–water partition coefficient (Wildman–Crippen LogP) is 5.94. The minimum atomic E-state index is -2.95. The van der Waals surface area contributed by atoms with Gasteiger partial charge in [0.1, 0.15) is 10.6 Å². The van der Waals surface area contributed by atoms with Crippen molar-refractivity contribution < 1.29 is 9.59 Å². The molecule has 0 heterocycles. The van der Waals surface area contributed by atoms with Crippen molar-refractivity contribution in [2.75, 3.05) is 0 Å². The summed E-state index contributed by atoms with van der Waals surface area (Å²) in [5, 5.41) is 1.61. The molecule has 0 unspecified atom stereocenters. The zero-order valence-corrected chi connectivity index (χ0v) is 18.4. The lowest BCUT2D eigenvalue weighted by molar-refractivity contribution is 0.0901. The van der Waals surface area contributed by atoms with Gasteiger partial charge in [0, 0.05) is 11.1 Å². The molecule has 0 spiro atoms. The van der Waals surface area contributed by atoms with Gasteiger partial charge in [-0.3, -0.25) is 9.59 Å². The summed E-state index contributed by atoms with van der Waals surface area (Å²) in [5.74, 6) is -0.518. The first-order valence-electron chi connectivity index (χ1n) is 10.0. The quantitative estimate of drug-likeness (QED) is 0.201. The third-order valence-corrected chi connectivity index (χ3v) is 10.3. The van der Waals surface area contributed by atoms with E-state index in [1.807, 2.05) is 72.8 Å². The zero-order chi connectivity index (χ0) is 21.7. The smallest absolute Gasteiger partial charge is 0.219 e. The molecule has 152 valence electrons. The second kappa shape index (κ2) is 9.39. The molecule has 0 bridgehead atoms. The minimum Gasteiger partial charge on any atom is -0.289 e. The molecule has 0 aliphatic rings. The van der Waals surface area contributed by atoms with Gasteiger partial charge in [-0.25, -0.2) is 0 Å². The van der Waals surface area contributed by atoms with E-state index in [2.05, 4.69) is 0 Å². The average molecular weight is 444 g/mol. The van der Waals surface area contributed by atoms with Crippen LogP contribution in [0.3, 0.4) is 0 Å². The monoisotopic (exact) mass is 443 g/mol. The fourth-order valence-electron chi connectivity index (χ4n) is 3.70. The van der Waals surface area contributed by atoms with E-state index < -0.39 is 12.3 Å². The van der Waals surface area contributed by atoms with Crippen molar-refractivity contribution in [3.8, 4) is 0 Å². The Kier molecular flexibility index (Phi) is 6.42. The Bertz CT molecular complexity index is 1070. The van der Waals surface area contributed by atoms with E-state index >= 15 is 0 Å². The van der Waals surface area contributed by atoms with E-state index in [1.54, 1.807) is 48.5 Å². The fraction of sp³-hybridized carbons (Fsp3) is 0.0370. The van der Waals surface area contributed by atoms with Crippen molar-refractivity contribution in [1.82, 2.24) is 0 Å². The zero-order valence-electron chi connectivity index (χ0n) is 16.8. The van der Waals surface area contributed by atoms with Gasteiger partial charge in [-0.2, -0.15) is 0 Å². The molecule has 0 aliphatic heterocycles. The lowest BCUT2D eigenvalue weighted by Gasteiger charge is -2.26. The van der Waals surface area contributed by atoms with Crippen molar-refractivity contribution >= 4 is 40.0 Å². The summed E-state index contributed by atoms with van der Waals surface area (Å²) in [6.07, 6.45) is 0. The third-order valence-electron chi connectivity index (χ3n) is 5.23. The summed E-state index contributed by atoms with van der Waals surface area (Å²) in [6.45, 7) is -2.95. The first-order chi connectivity index (χ1) is 15.1. The summed E-state index contributed by atoms with van der Waals surface area (Å²) in [6, 6.07) is 36.9. The van der Waals surface area contributed by atoms with Gasteiger partial charge in [0.05, 0.1) is 11.2 Å². The van der Waals surface area contributed by atoms with Crippen LogP contribution in [0.4, 0.5) is 0 Å². The molecule has 0 atom stereocenters. The van der Waals surface area contributed by atoms with Crippen molar-refractivity contribution in [1.29, 1.82) is 0 Å². The number of carbonyl (C=O) groups excluding carboxylic acids is 2. The minimum absolute atomic E-state index is 0.259. The van der Waals surface area contributed by atoms with Crippen LogP contribution in [0.5, 0.6) is 0 Å². The Morgan fingerprint density at radius 2 is 0.806 bits per heavy atom. The van der Waals surface area contributed by atoms with Crippen LogP contribution in [-0.2, 0) is 0 Å². The summed E-state index contributed by atoms with van der Waals surface area (Å²) in [4.78, 5) is 27.8. The summed E-state index contributed by atoms with van der Waals surface area (Å²) < 4.78 is 0. The highest BCUT2D eigenvalue weighted by atomic mass is 35.7. The SMILES string of the molecule is O=C(c1ccccc1)C(C(=O)c1ccccc1)[P+](Cl)(c1ccccc1)c1ccccc1. The molecule has 4 aromatic rings. The lowest BCUT2D eigenvalue weighted by atomic mass is 10.0. The van der Waals surface area contributed by atoms with Gasteiger partial charge >= 0.3 is 0 Å². The van der Waals surface area contributed by atoms with Crippen LogP contribution >= 0.6 is 17.9 Å². The molecule has 0 saturated carbocycles. The molecular weight excluding hydrogens is 423 g/mol. The molecule has 0 amide bonds. The molecule has 0 saturated heterocycles. The third kappa shape index (κ3) is 4.23. The van der Waals surface area contributed by atoms with Gasteiger partial charge in [-0.05, 0) is 24.3 Å². The van der Waals surface area contributed by atoms with Crippen molar-refractivity contribution in [2.24, 2.45) is 0 Å².